The summed E-state index contributed by atoms with van der Waals surface area (Å²) in [4.78, 5) is 6.27. The molecular formula is C16H26FIN4. The summed E-state index contributed by atoms with van der Waals surface area (Å²) in [6.45, 7) is 1.97. The highest BCUT2D eigenvalue weighted by atomic mass is 127. The van der Waals surface area contributed by atoms with Gasteiger partial charge in [0, 0.05) is 18.7 Å². The van der Waals surface area contributed by atoms with Crippen molar-refractivity contribution < 1.29 is 4.39 Å². The molecule has 1 aromatic carbocycles. The number of nitrogens with one attached hydrogen (secondary N) is 1. The van der Waals surface area contributed by atoms with E-state index in [0.717, 1.165) is 18.0 Å². The average Bonchev–Trinajstić information content (AvgIpc) is 2.37. The van der Waals surface area contributed by atoms with E-state index in [2.05, 4.69) is 10.3 Å². The number of aliphatic imine (C=N–C) groups is 1. The van der Waals surface area contributed by atoms with E-state index >= 15 is 0 Å². The smallest absolute Gasteiger partial charge is 0.188 e. The van der Waals surface area contributed by atoms with Crippen LogP contribution in [-0.4, -0.2) is 31.5 Å². The van der Waals surface area contributed by atoms with Crippen molar-refractivity contribution in [1.29, 1.82) is 0 Å². The Bertz CT molecular complexity index is 501. The molecule has 6 heteroatoms. The predicted octanol–water partition coefficient (Wildman–Crippen LogP) is 2.71. The summed E-state index contributed by atoms with van der Waals surface area (Å²) in [6.07, 6.45) is 3.89. The molecule has 0 aromatic heterocycles. The Morgan fingerprint density at radius 2 is 2.14 bits per heavy atom. The molecule has 3 N–H and O–H groups in total. The van der Waals surface area contributed by atoms with Crippen LogP contribution in [0.2, 0.25) is 0 Å². The number of guanidine groups is 1. The van der Waals surface area contributed by atoms with Crippen LogP contribution in [0, 0.1) is 11.7 Å². The van der Waals surface area contributed by atoms with Crippen molar-refractivity contribution in [2.75, 3.05) is 20.6 Å². The second-order valence-corrected chi connectivity index (χ2v) is 6.04. The van der Waals surface area contributed by atoms with Gasteiger partial charge in [-0.05, 0) is 50.6 Å². The normalized spacial score (nSPS) is 15.4. The second kappa shape index (κ2) is 9.29. The number of nitrogens with two attached hydrogens (primary N) is 1. The summed E-state index contributed by atoms with van der Waals surface area (Å²) in [5.74, 6) is 1.05. The van der Waals surface area contributed by atoms with Gasteiger partial charge < -0.3 is 16.0 Å². The molecule has 1 aliphatic carbocycles. The highest BCUT2D eigenvalue weighted by Crippen LogP contribution is 2.25. The molecule has 0 amide bonds. The summed E-state index contributed by atoms with van der Waals surface area (Å²) in [5.41, 5.74) is 7.52. The minimum atomic E-state index is -0.174. The minimum Gasteiger partial charge on any atom is -0.370 e. The van der Waals surface area contributed by atoms with E-state index in [1.165, 1.54) is 25.3 Å². The number of rotatable bonds is 6. The van der Waals surface area contributed by atoms with Crippen LogP contribution in [0.25, 0.3) is 0 Å². The maximum absolute atomic E-state index is 13.7. The van der Waals surface area contributed by atoms with Crippen molar-refractivity contribution in [3.63, 3.8) is 0 Å². The summed E-state index contributed by atoms with van der Waals surface area (Å²) in [6, 6.07) is 5.12. The number of hydrogen-bond donors (Lipinski definition) is 2. The van der Waals surface area contributed by atoms with E-state index in [0.29, 0.717) is 24.6 Å². The Balaban J connectivity index is 0.00000242. The van der Waals surface area contributed by atoms with Gasteiger partial charge in [0.05, 0.1) is 6.54 Å². The maximum atomic E-state index is 13.7. The van der Waals surface area contributed by atoms with Crippen molar-refractivity contribution in [3.05, 3.63) is 35.1 Å². The zero-order chi connectivity index (χ0) is 15.2. The molecular weight excluding hydrogens is 394 g/mol. The van der Waals surface area contributed by atoms with E-state index in [-0.39, 0.29) is 29.8 Å². The molecule has 124 valence electrons. The standard InChI is InChI=1S/C16H25FN4.HI/c1-21(2)11-14-8-13(6-7-15(14)17)10-20-16(18)19-9-12-4-3-5-12;/h6-8,12H,3-5,9-11H2,1-2H3,(H3,18,19,20);1H. The Kier molecular flexibility index (Phi) is 8.09. The molecule has 0 atom stereocenters. The third-order valence-electron chi connectivity index (χ3n) is 3.83. The van der Waals surface area contributed by atoms with Gasteiger partial charge in [-0.1, -0.05) is 12.5 Å². The lowest BCUT2D eigenvalue weighted by atomic mass is 9.85. The van der Waals surface area contributed by atoms with E-state index in [9.17, 15) is 4.39 Å². The highest BCUT2D eigenvalue weighted by Gasteiger charge is 2.16. The van der Waals surface area contributed by atoms with Gasteiger partial charge in [0.15, 0.2) is 5.96 Å². The summed E-state index contributed by atoms with van der Waals surface area (Å²) < 4.78 is 13.7. The van der Waals surface area contributed by atoms with Crippen molar-refractivity contribution in [2.45, 2.75) is 32.4 Å². The lowest BCUT2D eigenvalue weighted by molar-refractivity contribution is 0.315. The third-order valence-corrected chi connectivity index (χ3v) is 3.83. The van der Waals surface area contributed by atoms with Crippen molar-refractivity contribution in [3.8, 4) is 0 Å². The van der Waals surface area contributed by atoms with Gasteiger partial charge in [-0.3, -0.25) is 0 Å². The second-order valence-electron chi connectivity index (χ2n) is 6.04. The highest BCUT2D eigenvalue weighted by molar-refractivity contribution is 14.0. The molecule has 0 unspecified atom stereocenters. The van der Waals surface area contributed by atoms with E-state index in [1.807, 2.05) is 25.1 Å². The quantitative estimate of drug-likeness (QED) is 0.423. The molecule has 1 saturated carbocycles. The molecule has 0 bridgehead atoms. The first-order valence-electron chi connectivity index (χ1n) is 7.50. The fourth-order valence-corrected chi connectivity index (χ4v) is 2.37. The lowest BCUT2D eigenvalue weighted by Gasteiger charge is -2.25. The molecule has 1 aromatic rings. The van der Waals surface area contributed by atoms with Crippen LogP contribution in [0.3, 0.4) is 0 Å². The fraction of sp³-hybridized carbons (Fsp3) is 0.562. The zero-order valence-electron chi connectivity index (χ0n) is 13.3. The summed E-state index contributed by atoms with van der Waals surface area (Å²) in [7, 11) is 3.85. The number of hydrogen-bond acceptors (Lipinski definition) is 2. The Labute approximate surface area is 149 Å². The molecule has 4 nitrogen and oxygen atoms in total. The first kappa shape index (κ1) is 19.2. The molecule has 0 heterocycles. The van der Waals surface area contributed by atoms with Crippen LogP contribution in [0.15, 0.2) is 23.2 Å². The van der Waals surface area contributed by atoms with Gasteiger partial charge in [-0.15, -0.1) is 24.0 Å². The van der Waals surface area contributed by atoms with Crippen LogP contribution in [0.1, 0.15) is 30.4 Å². The number of halogens is 2. The first-order chi connectivity index (χ1) is 10.0. The minimum absolute atomic E-state index is 0. The molecule has 2 rings (SSSR count). The number of nitrogens with zero attached hydrogens (tertiary/aromatic N) is 2. The largest absolute Gasteiger partial charge is 0.370 e. The van der Waals surface area contributed by atoms with Gasteiger partial charge in [0.2, 0.25) is 0 Å². The number of benzene rings is 1. The third kappa shape index (κ3) is 6.08. The van der Waals surface area contributed by atoms with Crippen molar-refractivity contribution >= 4 is 29.9 Å². The Hall–Kier alpha value is -0.890. The van der Waals surface area contributed by atoms with Gasteiger partial charge in [0.25, 0.3) is 0 Å². The van der Waals surface area contributed by atoms with E-state index in [4.69, 9.17) is 5.73 Å². The van der Waals surface area contributed by atoms with Gasteiger partial charge in [0.1, 0.15) is 5.82 Å². The zero-order valence-corrected chi connectivity index (χ0v) is 15.6. The Morgan fingerprint density at radius 3 is 2.73 bits per heavy atom. The predicted molar refractivity (Wildman–Crippen MR) is 99.9 cm³/mol. The molecule has 0 radical (unpaired) electrons. The van der Waals surface area contributed by atoms with Crippen LogP contribution in [0.4, 0.5) is 4.39 Å². The molecule has 22 heavy (non-hydrogen) atoms. The van der Waals surface area contributed by atoms with Gasteiger partial charge in [-0.25, -0.2) is 9.38 Å². The lowest BCUT2D eigenvalue weighted by Crippen LogP contribution is -2.37. The first-order valence-corrected chi connectivity index (χ1v) is 7.50. The van der Waals surface area contributed by atoms with Crippen molar-refractivity contribution in [1.82, 2.24) is 10.2 Å². The van der Waals surface area contributed by atoms with Crippen LogP contribution in [0.5, 0.6) is 0 Å². The SMILES string of the molecule is CN(C)Cc1cc(CN=C(N)NCC2CCC2)ccc1F.I. The molecule has 1 fully saturated rings. The molecule has 0 saturated heterocycles. The van der Waals surface area contributed by atoms with Crippen molar-refractivity contribution in [2.24, 2.45) is 16.6 Å². The van der Waals surface area contributed by atoms with E-state index in [1.54, 1.807) is 6.07 Å². The van der Waals surface area contributed by atoms with Crippen LogP contribution >= 0.6 is 24.0 Å². The molecule has 0 spiro atoms. The molecule has 1 aliphatic rings. The Morgan fingerprint density at radius 1 is 1.41 bits per heavy atom. The maximum Gasteiger partial charge on any atom is 0.188 e. The summed E-state index contributed by atoms with van der Waals surface area (Å²) in [5, 5.41) is 3.16. The van der Waals surface area contributed by atoms with Gasteiger partial charge >= 0.3 is 0 Å². The summed E-state index contributed by atoms with van der Waals surface area (Å²) >= 11 is 0. The van der Waals surface area contributed by atoms with Gasteiger partial charge in [-0.2, -0.15) is 0 Å². The topological polar surface area (TPSA) is 53.6 Å². The van der Waals surface area contributed by atoms with Crippen LogP contribution < -0.4 is 11.1 Å². The molecule has 0 aliphatic heterocycles. The fourth-order valence-electron chi connectivity index (χ4n) is 2.37. The van der Waals surface area contributed by atoms with Crippen LogP contribution in [-0.2, 0) is 13.1 Å². The monoisotopic (exact) mass is 420 g/mol. The average molecular weight is 420 g/mol. The van der Waals surface area contributed by atoms with E-state index < -0.39 is 0 Å².